The lowest BCUT2D eigenvalue weighted by Crippen LogP contribution is -2.30. The summed E-state index contributed by atoms with van der Waals surface area (Å²) in [5, 5.41) is 0. The largest absolute Gasteiger partial charge is 0.465 e. The van der Waals surface area contributed by atoms with Gasteiger partial charge in [0.25, 0.3) is 5.95 Å². The van der Waals surface area contributed by atoms with Crippen molar-refractivity contribution in [3.05, 3.63) is 11.5 Å². The first-order valence-electron chi connectivity index (χ1n) is 5.78. The molecule has 0 radical (unpaired) electrons. The molecule has 1 aliphatic carbocycles. The van der Waals surface area contributed by atoms with E-state index in [9.17, 15) is 0 Å². The van der Waals surface area contributed by atoms with Crippen molar-refractivity contribution in [1.29, 1.82) is 0 Å². The van der Waals surface area contributed by atoms with Gasteiger partial charge in [0.15, 0.2) is 0 Å². The van der Waals surface area contributed by atoms with Crippen LogP contribution in [0.15, 0.2) is 11.5 Å². The van der Waals surface area contributed by atoms with Crippen molar-refractivity contribution in [2.24, 2.45) is 16.7 Å². The van der Waals surface area contributed by atoms with E-state index in [4.69, 9.17) is 9.47 Å². The first-order valence-corrected chi connectivity index (χ1v) is 5.78. The topological polar surface area (TPSA) is 18.5 Å². The fraction of sp³-hybridized carbons (Fsp3) is 0.846. The average molecular weight is 210 g/mol. The molecule has 0 N–H and O–H groups in total. The van der Waals surface area contributed by atoms with Crippen molar-refractivity contribution in [1.82, 2.24) is 0 Å². The second kappa shape index (κ2) is 3.16. The number of ether oxygens (including phenoxy) is 2. The molecule has 2 heteroatoms. The molecular weight excluding hydrogens is 188 g/mol. The van der Waals surface area contributed by atoms with Crippen LogP contribution >= 0.6 is 0 Å². The summed E-state index contributed by atoms with van der Waals surface area (Å²) in [6.07, 6.45) is 1.15. The van der Waals surface area contributed by atoms with Gasteiger partial charge in [-0.1, -0.05) is 34.6 Å². The van der Waals surface area contributed by atoms with Crippen molar-refractivity contribution in [3.8, 4) is 0 Å². The summed E-state index contributed by atoms with van der Waals surface area (Å²) in [6, 6.07) is 0. The van der Waals surface area contributed by atoms with Gasteiger partial charge in [-0.2, -0.15) is 0 Å². The lowest BCUT2D eigenvalue weighted by atomic mass is 9.90. The first-order chi connectivity index (χ1) is 6.80. The van der Waals surface area contributed by atoms with Gasteiger partial charge >= 0.3 is 0 Å². The smallest absolute Gasteiger partial charge is 0.278 e. The van der Waals surface area contributed by atoms with E-state index in [0.29, 0.717) is 11.3 Å². The van der Waals surface area contributed by atoms with Crippen LogP contribution in [0, 0.1) is 16.7 Å². The van der Waals surface area contributed by atoms with Gasteiger partial charge in [-0.25, -0.2) is 0 Å². The molecule has 0 amide bonds. The first kappa shape index (κ1) is 10.8. The van der Waals surface area contributed by atoms with Crippen LogP contribution < -0.4 is 0 Å². The van der Waals surface area contributed by atoms with E-state index < -0.39 is 0 Å². The molecule has 0 aromatic rings. The summed E-state index contributed by atoms with van der Waals surface area (Å²) in [6.45, 7) is 12.7. The third-order valence-electron chi connectivity index (χ3n) is 3.18. The average Bonchev–Trinajstić information content (AvgIpc) is 2.82. The summed E-state index contributed by atoms with van der Waals surface area (Å²) in [5.74, 6) is 1.49. The van der Waals surface area contributed by atoms with E-state index in [1.54, 1.807) is 0 Å². The van der Waals surface area contributed by atoms with E-state index >= 15 is 0 Å². The van der Waals surface area contributed by atoms with E-state index in [0.717, 1.165) is 25.6 Å². The molecule has 1 heterocycles. The van der Waals surface area contributed by atoms with Crippen LogP contribution in [-0.4, -0.2) is 13.2 Å². The van der Waals surface area contributed by atoms with Crippen LogP contribution in [0.2, 0.25) is 0 Å². The highest BCUT2D eigenvalue weighted by Crippen LogP contribution is 2.52. The molecule has 1 aliphatic heterocycles. The summed E-state index contributed by atoms with van der Waals surface area (Å²) in [4.78, 5) is 0. The summed E-state index contributed by atoms with van der Waals surface area (Å²) >= 11 is 0. The Morgan fingerprint density at radius 2 is 1.67 bits per heavy atom. The fourth-order valence-corrected chi connectivity index (χ4v) is 2.01. The molecular formula is C13H22O2. The Hall–Kier alpha value is -0.660. The Morgan fingerprint density at radius 1 is 1.13 bits per heavy atom. The van der Waals surface area contributed by atoms with Crippen molar-refractivity contribution < 1.29 is 9.47 Å². The third-order valence-corrected chi connectivity index (χ3v) is 3.18. The van der Waals surface area contributed by atoms with Gasteiger partial charge in [0.2, 0.25) is 0 Å². The zero-order chi connectivity index (χ0) is 11.3. The molecule has 0 spiro atoms. The molecule has 15 heavy (non-hydrogen) atoms. The molecule has 1 saturated carbocycles. The maximum absolute atomic E-state index is 5.70. The van der Waals surface area contributed by atoms with E-state index in [1.165, 1.54) is 5.57 Å². The molecule has 1 saturated heterocycles. The highest BCUT2D eigenvalue weighted by molar-refractivity contribution is 5.27. The minimum absolute atomic E-state index is 0.163. The predicted molar refractivity (Wildman–Crippen MR) is 60.3 cm³/mol. The van der Waals surface area contributed by atoms with Crippen molar-refractivity contribution in [3.63, 3.8) is 0 Å². The summed E-state index contributed by atoms with van der Waals surface area (Å²) in [7, 11) is 0. The summed E-state index contributed by atoms with van der Waals surface area (Å²) < 4.78 is 11.4. The second-order valence-electron chi connectivity index (χ2n) is 6.68. The van der Waals surface area contributed by atoms with Gasteiger partial charge in [0.05, 0.1) is 13.2 Å². The third kappa shape index (κ3) is 2.30. The molecule has 2 aliphatic rings. The molecule has 2 rings (SSSR count). The molecule has 86 valence electrons. The standard InChI is InChI=1S/C13H22O2/c1-12(2,3)10-6-9(10)11-14-7-13(4,5)8-15-11/h10H,6-8H2,1-5H3. The van der Waals surface area contributed by atoms with Crippen molar-refractivity contribution in [2.75, 3.05) is 13.2 Å². The molecule has 2 fully saturated rings. The highest BCUT2D eigenvalue weighted by Gasteiger charge is 2.45. The van der Waals surface area contributed by atoms with Crippen LogP contribution in [0.5, 0.6) is 0 Å². The minimum atomic E-state index is 0.163. The van der Waals surface area contributed by atoms with Crippen molar-refractivity contribution >= 4 is 0 Å². The second-order valence-corrected chi connectivity index (χ2v) is 6.68. The maximum Gasteiger partial charge on any atom is 0.278 e. The summed E-state index contributed by atoms with van der Waals surface area (Å²) in [5.41, 5.74) is 1.90. The number of rotatable bonds is 0. The normalized spacial score (nSPS) is 29.5. The molecule has 0 aromatic carbocycles. The SMILES string of the molecule is CC1(C)COC(=C2CC2C(C)(C)C)OC1. The lowest BCUT2D eigenvalue weighted by Gasteiger charge is -2.31. The fourth-order valence-electron chi connectivity index (χ4n) is 2.01. The Labute approximate surface area is 92.6 Å². The maximum atomic E-state index is 5.70. The monoisotopic (exact) mass is 210 g/mol. The molecule has 0 aromatic heterocycles. The van der Waals surface area contributed by atoms with Gasteiger partial charge in [-0.15, -0.1) is 0 Å². The van der Waals surface area contributed by atoms with Crippen LogP contribution in [0.25, 0.3) is 0 Å². The number of allylic oxidation sites excluding steroid dienone is 1. The van der Waals surface area contributed by atoms with Crippen molar-refractivity contribution in [2.45, 2.75) is 41.0 Å². The highest BCUT2D eigenvalue weighted by atomic mass is 16.7. The van der Waals surface area contributed by atoms with E-state index in [2.05, 4.69) is 34.6 Å². The van der Waals surface area contributed by atoms with Gasteiger partial charge in [0, 0.05) is 11.0 Å². The van der Waals surface area contributed by atoms with Crippen LogP contribution in [0.1, 0.15) is 41.0 Å². The molecule has 0 bridgehead atoms. The Kier molecular flexibility index (Phi) is 2.29. The van der Waals surface area contributed by atoms with Crippen LogP contribution in [0.3, 0.4) is 0 Å². The zero-order valence-corrected chi connectivity index (χ0v) is 10.5. The number of hydrogen-bond acceptors (Lipinski definition) is 2. The van der Waals surface area contributed by atoms with E-state index in [-0.39, 0.29) is 5.41 Å². The molecule has 1 atom stereocenters. The minimum Gasteiger partial charge on any atom is -0.465 e. The lowest BCUT2D eigenvalue weighted by molar-refractivity contribution is -0.0864. The van der Waals surface area contributed by atoms with Gasteiger partial charge in [0.1, 0.15) is 0 Å². The van der Waals surface area contributed by atoms with Gasteiger partial charge in [-0.05, 0) is 17.8 Å². The Morgan fingerprint density at radius 3 is 2.07 bits per heavy atom. The quantitative estimate of drug-likeness (QED) is 0.610. The van der Waals surface area contributed by atoms with E-state index in [1.807, 2.05) is 0 Å². The molecule has 2 nitrogen and oxygen atoms in total. The molecule has 1 unspecified atom stereocenters. The van der Waals surface area contributed by atoms with Crippen LogP contribution in [-0.2, 0) is 9.47 Å². The van der Waals surface area contributed by atoms with Gasteiger partial charge in [-0.3, -0.25) is 0 Å². The Bertz CT molecular complexity index is 282. The Balaban J connectivity index is 2.01. The zero-order valence-electron chi connectivity index (χ0n) is 10.5. The number of hydrogen-bond donors (Lipinski definition) is 0. The van der Waals surface area contributed by atoms with Gasteiger partial charge < -0.3 is 9.47 Å². The predicted octanol–water partition coefficient (Wildman–Crippen LogP) is 3.34. The van der Waals surface area contributed by atoms with Crippen LogP contribution in [0.4, 0.5) is 0 Å².